The van der Waals surface area contributed by atoms with E-state index in [2.05, 4.69) is 10.3 Å². The number of hydrogen-bond acceptors (Lipinski definition) is 5. The van der Waals surface area contributed by atoms with Crippen LogP contribution in [-0.4, -0.2) is 48.0 Å². The van der Waals surface area contributed by atoms with E-state index in [1.807, 2.05) is 13.8 Å². The molecule has 0 atom stereocenters. The Balaban J connectivity index is 1.74. The fourth-order valence-corrected chi connectivity index (χ4v) is 3.04. The highest BCUT2D eigenvalue weighted by Crippen LogP contribution is 2.32. The molecule has 0 aliphatic carbocycles. The second kappa shape index (κ2) is 9.21. The van der Waals surface area contributed by atoms with Crippen LogP contribution in [0.15, 0.2) is 36.5 Å². The summed E-state index contributed by atoms with van der Waals surface area (Å²) in [6.45, 7) is 6.43. The highest BCUT2D eigenvalue weighted by molar-refractivity contribution is 6.04. The van der Waals surface area contributed by atoms with Crippen molar-refractivity contribution in [3.8, 4) is 11.5 Å². The number of pyridine rings is 1. The molecule has 0 spiro atoms. The highest BCUT2D eigenvalue weighted by Gasteiger charge is 2.18. The molecule has 1 N–H and O–H groups in total. The molecule has 1 aliphatic heterocycles. The van der Waals surface area contributed by atoms with Crippen LogP contribution in [-0.2, 0) is 0 Å². The number of amides is 2. The minimum atomic E-state index is -0.385. The third kappa shape index (κ3) is 4.60. The van der Waals surface area contributed by atoms with Crippen LogP contribution in [0.1, 0.15) is 47.5 Å². The number of nitrogens with zero attached hydrogens (tertiary/aromatic N) is 2. The topological polar surface area (TPSA) is 80.8 Å². The van der Waals surface area contributed by atoms with E-state index in [1.165, 1.54) is 12.3 Å². The van der Waals surface area contributed by atoms with Gasteiger partial charge in [0.25, 0.3) is 11.8 Å². The molecule has 7 heteroatoms. The summed E-state index contributed by atoms with van der Waals surface area (Å²) in [6.07, 6.45) is 3.25. The number of carbonyl (C=O) groups is 2. The van der Waals surface area contributed by atoms with Gasteiger partial charge >= 0.3 is 0 Å². The first-order valence-electron chi connectivity index (χ1n) is 9.58. The maximum absolute atomic E-state index is 12.8. The van der Waals surface area contributed by atoms with Crippen LogP contribution in [0, 0.1) is 0 Å². The van der Waals surface area contributed by atoms with Crippen molar-refractivity contribution in [3.63, 3.8) is 0 Å². The quantitative estimate of drug-likeness (QED) is 0.793. The molecule has 0 saturated heterocycles. The lowest BCUT2D eigenvalue weighted by Crippen LogP contribution is -2.32. The minimum Gasteiger partial charge on any atom is -0.486 e. The summed E-state index contributed by atoms with van der Waals surface area (Å²) < 4.78 is 11.0. The van der Waals surface area contributed by atoms with Gasteiger partial charge in [0.2, 0.25) is 0 Å². The van der Waals surface area contributed by atoms with Gasteiger partial charge in [-0.1, -0.05) is 13.8 Å². The molecule has 0 bridgehead atoms. The Kier molecular flexibility index (Phi) is 6.47. The summed E-state index contributed by atoms with van der Waals surface area (Å²) in [4.78, 5) is 31.3. The lowest BCUT2D eigenvalue weighted by Gasteiger charge is -2.21. The smallest absolute Gasteiger partial charge is 0.274 e. The molecule has 28 heavy (non-hydrogen) atoms. The lowest BCUT2D eigenvalue weighted by atomic mass is 10.1. The van der Waals surface area contributed by atoms with Gasteiger partial charge in [-0.15, -0.1) is 0 Å². The molecule has 2 amide bonds. The summed E-state index contributed by atoms with van der Waals surface area (Å²) in [5, 5.41) is 2.79. The third-order valence-electron chi connectivity index (χ3n) is 4.31. The molecule has 0 saturated carbocycles. The standard InChI is InChI=1S/C21H25N3O4/c1-3-9-24(10-4-2)21(26)15-7-8-22-17(13-15)20(25)23-16-5-6-18-19(14-16)28-12-11-27-18/h5-8,13-14H,3-4,9-12H2,1-2H3,(H,23,25). The Morgan fingerprint density at radius 1 is 1.04 bits per heavy atom. The zero-order valence-corrected chi connectivity index (χ0v) is 16.2. The molecule has 148 valence electrons. The van der Waals surface area contributed by atoms with E-state index in [0.717, 1.165) is 12.8 Å². The molecular formula is C21H25N3O4. The summed E-state index contributed by atoms with van der Waals surface area (Å²) in [6, 6.07) is 8.39. The van der Waals surface area contributed by atoms with Gasteiger partial charge in [0.05, 0.1) is 0 Å². The van der Waals surface area contributed by atoms with Crippen LogP contribution in [0.5, 0.6) is 11.5 Å². The normalized spacial score (nSPS) is 12.4. The number of aromatic nitrogens is 1. The first kappa shape index (κ1) is 19.7. The Bertz CT molecular complexity index is 847. The first-order valence-corrected chi connectivity index (χ1v) is 9.58. The summed E-state index contributed by atoms with van der Waals surface area (Å²) in [5.41, 5.74) is 1.23. The predicted molar refractivity (Wildman–Crippen MR) is 106 cm³/mol. The lowest BCUT2D eigenvalue weighted by molar-refractivity contribution is 0.0755. The molecular weight excluding hydrogens is 358 g/mol. The van der Waals surface area contributed by atoms with Crippen molar-refractivity contribution in [2.24, 2.45) is 0 Å². The average molecular weight is 383 g/mol. The van der Waals surface area contributed by atoms with Crippen molar-refractivity contribution in [1.82, 2.24) is 9.88 Å². The Morgan fingerprint density at radius 3 is 2.46 bits per heavy atom. The SMILES string of the molecule is CCCN(CCC)C(=O)c1ccnc(C(=O)Nc2ccc3c(c2)OCCO3)c1. The molecule has 1 aliphatic rings. The second-order valence-electron chi connectivity index (χ2n) is 6.53. The number of fused-ring (bicyclic) bond motifs is 1. The Hall–Kier alpha value is -3.09. The number of ether oxygens (including phenoxy) is 2. The number of hydrogen-bond donors (Lipinski definition) is 1. The van der Waals surface area contributed by atoms with Gasteiger partial charge in [0.15, 0.2) is 11.5 Å². The van der Waals surface area contributed by atoms with Gasteiger partial charge in [-0.05, 0) is 37.1 Å². The van der Waals surface area contributed by atoms with E-state index < -0.39 is 0 Å². The van der Waals surface area contributed by atoms with Crippen LogP contribution < -0.4 is 14.8 Å². The summed E-state index contributed by atoms with van der Waals surface area (Å²) >= 11 is 0. The molecule has 1 aromatic carbocycles. The molecule has 3 rings (SSSR count). The Morgan fingerprint density at radius 2 is 1.75 bits per heavy atom. The predicted octanol–water partition coefficient (Wildman–Crippen LogP) is 3.37. The molecule has 7 nitrogen and oxygen atoms in total. The number of benzene rings is 1. The van der Waals surface area contributed by atoms with Crippen LogP contribution in [0.25, 0.3) is 0 Å². The molecule has 0 fully saturated rings. The molecule has 2 heterocycles. The third-order valence-corrected chi connectivity index (χ3v) is 4.31. The van der Waals surface area contributed by atoms with Crippen molar-refractivity contribution in [1.29, 1.82) is 0 Å². The van der Waals surface area contributed by atoms with E-state index >= 15 is 0 Å². The zero-order valence-electron chi connectivity index (χ0n) is 16.2. The largest absolute Gasteiger partial charge is 0.486 e. The van der Waals surface area contributed by atoms with Gasteiger partial charge in [0.1, 0.15) is 18.9 Å². The van der Waals surface area contributed by atoms with E-state index in [9.17, 15) is 9.59 Å². The summed E-state index contributed by atoms with van der Waals surface area (Å²) in [7, 11) is 0. The Labute approximate surface area is 164 Å². The van der Waals surface area contributed by atoms with Gasteiger partial charge in [-0.3, -0.25) is 14.6 Å². The highest BCUT2D eigenvalue weighted by atomic mass is 16.6. The van der Waals surface area contributed by atoms with E-state index in [1.54, 1.807) is 29.2 Å². The average Bonchev–Trinajstić information content (AvgIpc) is 2.73. The van der Waals surface area contributed by atoms with Crippen molar-refractivity contribution in [2.75, 3.05) is 31.6 Å². The van der Waals surface area contributed by atoms with Gasteiger partial charge in [0, 0.05) is 36.6 Å². The van der Waals surface area contributed by atoms with Crippen LogP contribution in [0.4, 0.5) is 5.69 Å². The minimum absolute atomic E-state index is 0.0838. The number of rotatable bonds is 7. The summed E-state index contributed by atoms with van der Waals surface area (Å²) in [5.74, 6) is 0.779. The molecule has 1 aromatic heterocycles. The van der Waals surface area contributed by atoms with Crippen molar-refractivity contribution in [2.45, 2.75) is 26.7 Å². The van der Waals surface area contributed by atoms with Crippen molar-refractivity contribution < 1.29 is 19.1 Å². The van der Waals surface area contributed by atoms with Gasteiger partial charge in [-0.2, -0.15) is 0 Å². The fourth-order valence-electron chi connectivity index (χ4n) is 3.04. The zero-order chi connectivity index (χ0) is 19.9. The first-order chi connectivity index (χ1) is 13.6. The second-order valence-corrected chi connectivity index (χ2v) is 6.53. The monoisotopic (exact) mass is 383 g/mol. The molecule has 2 aromatic rings. The number of anilines is 1. The van der Waals surface area contributed by atoms with E-state index in [4.69, 9.17) is 9.47 Å². The van der Waals surface area contributed by atoms with Crippen LogP contribution >= 0.6 is 0 Å². The van der Waals surface area contributed by atoms with Crippen molar-refractivity contribution in [3.05, 3.63) is 47.8 Å². The van der Waals surface area contributed by atoms with E-state index in [0.29, 0.717) is 49.1 Å². The number of carbonyl (C=O) groups excluding carboxylic acids is 2. The number of nitrogens with one attached hydrogen (secondary N) is 1. The maximum atomic E-state index is 12.8. The van der Waals surface area contributed by atoms with Crippen LogP contribution in [0.2, 0.25) is 0 Å². The van der Waals surface area contributed by atoms with E-state index in [-0.39, 0.29) is 17.5 Å². The fraction of sp³-hybridized carbons (Fsp3) is 0.381. The molecule has 0 radical (unpaired) electrons. The van der Waals surface area contributed by atoms with Crippen LogP contribution in [0.3, 0.4) is 0 Å². The van der Waals surface area contributed by atoms with Crippen molar-refractivity contribution >= 4 is 17.5 Å². The van der Waals surface area contributed by atoms with Gasteiger partial charge < -0.3 is 19.7 Å². The maximum Gasteiger partial charge on any atom is 0.274 e. The van der Waals surface area contributed by atoms with Gasteiger partial charge in [-0.25, -0.2) is 0 Å². The molecule has 0 unspecified atom stereocenters.